The molecule has 14 heavy (non-hydrogen) atoms. The van der Waals surface area contributed by atoms with Crippen LogP contribution in [0.5, 0.6) is 0 Å². The lowest BCUT2D eigenvalue weighted by Crippen LogP contribution is -2.16. The molecule has 6 heteroatoms. The molecule has 0 amide bonds. The van der Waals surface area contributed by atoms with Crippen molar-refractivity contribution in [1.29, 1.82) is 0 Å². The maximum atomic E-state index is 11.4. The number of aryl methyl sites for hydroxylation is 1. The minimum absolute atomic E-state index is 0.173. The number of aromatic amines is 1. The van der Waals surface area contributed by atoms with Gasteiger partial charge in [-0.25, -0.2) is 9.50 Å². The van der Waals surface area contributed by atoms with Crippen molar-refractivity contribution >= 4 is 5.52 Å². The Kier molecular flexibility index (Phi) is 2.05. The number of aromatic nitrogens is 4. The summed E-state index contributed by atoms with van der Waals surface area (Å²) < 4.78 is 1.54. The molecule has 0 aliphatic heterocycles. The highest BCUT2D eigenvalue weighted by Gasteiger charge is 2.07. The van der Waals surface area contributed by atoms with Crippen LogP contribution in [-0.4, -0.2) is 26.1 Å². The van der Waals surface area contributed by atoms with Crippen molar-refractivity contribution in [3.05, 3.63) is 28.2 Å². The standard InChI is InChI=1S/C8H11N5O/c1-5-11-8(14)6-4-10-7(2-3-9)13(6)12-5/h4H,2-3,9H2,1H3,(H,11,12,14). The average Bonchev–Trinajstić information content (AvgIpc) is 2.49. The van der Waals surface area contributed by atoms with E-state index in [0.717, 1.165) is 5.82 Å². The van der Waals surface area contributed by atoms with Gasteiger partial charge < -0.3 is 10.7 Å². The van der Waals surface area contributed by atoms with Crippen LogP contribution in [0.25, 0.3) is 5.52 Å². The lowest BCUT2D eigenvalue weighted by Gasteiger charge is -1.98. The molecule has 0 aliphatic rings. The Balaban J connectivity index is 2.72. The summed E-state index contributed by atoms with van der Waals surface area (Å²) in [5.41, 5.74) is 5.70. The van der Waals surface area contributed by atoms with Gasteiger partial charge in [-0.2, -0.15) is 5.10 Å². The second-order valence-electron chi connectivity index (χ2n) is 3.05. The zero-order valence-corrected chi connectivity index (χ0v) is 7.82. The smallest absolute Gasteiger partial charge is 0.276 e. The van der Waals surface area contributed by atoms with Crippen molar-refractivity contribution in [2.24, 2.45) is 5.73 Å². The van der Waals surface area contributed by atoms with Crippen LogP contribution in [0.1, 0.15) is 11.6 Å². The molecule has 0 fully saturated rings. The summed E-state index contributed by atoms with van der Waals surface area (Å²) in [5.74, 6) is 1.29. The van der Waals surface area contributed by atoms with Gasteiger partial charge in [-0.15, -0.1) is 0 Å². The molecule has 0 saturated heterocycles. The number of hydrogen-bond acceptors (Lipinski definition) is 4. The Hall–Kier alpha value is -1.69. The highest BCUT2D eigenvalue weighted by Crippen LogP contribution is 1.99. The van der Waals surface area contributed by atoms with E-state index in [1.54, 1.807) is 11.4 Å². The van der Waals surface area contributed by atoms with Gasteiger partial charge in [0.2, 0.25) is 0 Å². The van der Waals surface area contributed by atoms with Crippen molar-refractivity contribution in [3.8, 4) is 0 Å². The van der Waals surface area contributed by atoms with Gasteiger partial charge in [0.05, 0.1) is 6.20 Å². The fourth-order valence-electron chi connectivity index (χ4n) is 1.35. The highest BCUT2D eigenvalue weighted by molar-refractivity contribution is 5.41. The SMILES string of the molecule is Cc1nn2c(CCN)ncc2c(=O)[nH]1. The number of nitrogens with two attached hydrogens (primary N) is 1. The fourth-order valence-corrected chi connectivity index (χ4v) is 1.35. The van der Waals surface area contributed by atoms with Crippen LogP contribution in [0.3, 0.4) is 0 Å². The largest absolute Gasteiger partial charge is 0.330 e. The van der Waals surface area contributed by atoms with E-state index in [0.29, 0.717) is 24.3 Å². The number of nitrogens with zero attached hydrogens (tertiary/aromatic N) is 3. The van der Waals surface area contributed by atoms with Gasteiger partial charge in [0, 0.05) is 6.42 Å². The fraction of sp³-hybridized carbons (Fsp3) is 0.375. The first-order valence-corrected chi connectivity index (χ1v) is 4.36. The van der Waals surface area contributed by atoms with Gasteiger partial charge in [0.25, 0.3) is 5.56 Å². The van der Waals surface area contributed by atoms with E-state index in [2.05, 4.69) is 15.1 Å². The van der Waals surface area contributed by atoms with E-state index in [9.17, 15) is 4.79 Å². The van der Waals surface area contributed by atoms with Crippen LogP contribution in [0.15, 0.2) is 11.0 Å². The number of imidazole rings is 1. The van der Waals surface area contributed by atoms with Gasteiger partial charge in [0.1, 0.15) is 11.6 Å². The van der Waals surface area contributed by atoms with Crippen LogP contribution >= 0.6 is 0 Å². The second-order valence-corrected chi connectivity index (χ2v) is 3.05. The molecule has 0 atom stereocenters. The Morgan fingerprint density at radius 2 is 2.43 bits per heavy atom. The summed E-state index contributed by atoms with van der Waals surface area (Å²) in [5, 5.41) is 4.16. The zero-order valence-electron chi connectivity index (χ0n) is 7.82. The molecule has 2 rings (SSSR count). The maximum Gasteiger partial charge on any atom is 0.276 e. The van der Waals surface area contributed by atoms with Crippen LogP contribution in [0, 0.1) is 6.92 Å². The third-order valence-electron chi connectivity index (χ3n) is 1.95. The normalized spacial score (nSPS) is 11.0. The first-order chi connectivity index (χ1) is 6.72. The topological polar surface area (TPSA) is 89.1 Å². The summed E-state index contributed by atoms with van der Waals surface area (Å²) >= 11 is 0. The molecule has 0 saturated carbocycles. The summed E-state index contributed by atoms with van der Waals surface area (Å²) in [7, 11) is 0. The molecule has 0 spiro atoms. The zero-order chi connectivity index (χ0) is 10.1. The number of H-pyrrole nitrogens is 1. The number of hydrogen-bond donors (Lipinski definition) is 2. The van der Waals surface area contributed by atoms with E-state index in [1.165, 1.54) is 6.20 Å². The number of nitrogens with one attached hydrogen (secondary N) is 1. The van der Waals surface area contributed by atoms with Gasteiger partial charge in [-0.1, -0.05) is 0 Å². The van der Waals surface area contributed by atoms with Crippen molar-refractivity contribution in [2.45, 2.75) is 13.3 Å². The van der Waals surface area contributed by atoms with Gasteiger partial charge in [-0.3, -0.25) is 4.79 Å². The predicted molar refractivity (Wildman–Crippen MR) is 51.1 cm³/mol. The molecule has 0 bridgehead atoms. The summed E-state index contributed by atoms with van der Waals surface area (Å²) in [4.78, 5) is 18.1. The van der Waals surface area contributed by atoms with Gasteiger partial charge >= 0.3 is 0 Å². The van der Waals surface area contributed by atoms with Crippen LogP contribution < -0.4 is 11.3 Å². The average molecular weight is 193 g/mol. The van der Waals surface area contributed by atoms with Gasteiger partial charge in [0.15, 0.2) is 5.52 Å². The molecule has 0 aliphatic carbocycles. The monoisotopic (exact) mass is 193 g/mol. The van der Waals surface area contributed by atoms with E-state index < -0.39 is 0 Å². The molecule has 0 radical (unpaired) electrons. The molecule has 3 N–H and O–H groups in total. The molecule has 6 nitrogen and oxygen atoms in total. The second kappa shape index (κ2) is 3.22. The lowest BCUT2D eigenvalue weighted by molar-refractivity contribution is 0.760. The molecule has 2 heterocycles. The molecule has 74 valence electrons. The minimum Gasteiger partial charge on any atom is -0.330 e. The van der Waals surface area contributed by atoms with Gasteiger partial charge in [-0.05, 0) is 13.5 Å². The Bertz CT molecular complexity index is 512. The third-order valence-corrected chi connectivity index (χ3v) is 1.95. The van der Waals surface area contributed by atoms with Crippen LogP contribution in [0.4, 0.5) is 0 Å². The predicted octanol–water partition coefficient (Wildman–Crippen LogP) is -0.773. The summed E-state index contributed by atoms with van der Waals surface area (Å²) in [6.07, 6.45) is 2.13. The first kappa shape index (κ1) is 8.89. The minimum atomic E-state index is -0.173. The van der Waals surface area contributed by atoms with Crippen LogP contribution in [0.2, 0.25) is 0 Å². The third kappa shape index (κ3) is 1.29. The molecule has 2 aromatic rings. The highest BCUT2D eigenvalue weighted by atomic mass is 16.1. The Labute approximate surface area is 79.8 Å². The van der Waals surface area contributed by atoms with E-state index in [1.807, 2.05) is 0 Å². The van der Waals surface area contributed by atoms with Crippen molar-refractivity contribution in [1.82, 2.24) is 19.6 Å². The Morgan fingerprint density at radius 3 is 3.14 bits per heavy atom. The summed E-state index contributed by atoms with van der Waals surface area (Å²) in [6, 6.07) is 0. The van der Waals surface area contributed by atoms with Crippen LogP contribution in [-0.2, 0) is 6.42 Å². The number of fused-ring (bicyclic) bond motifs is 1. The molecular weight excluding hydrogens is 182 g/mol. The molecule has 0 unspecified atom stereocenters. The van der Waals surface area contributed by atoms with E-state index in [-0.39, 0.29) is 5.56 Å². The van der Waals surface area contributed by atoms with Crippen molar-refractivity contribution in [3.63, 3.8) is 0 Å². The molecular formula is C8H11N5O. The van der Waals surface area contributed by atoms with E-state index >= 15 is 0 Å². The molecule has 2 aromatic heterocycles. The molecule has 0 aromatic carbocycles. The maximum absolute atomic E-state index is 11.4. The Morgan fingerprint density at radius 1 is 1.64 bits per heavy atom. The van der Waals surface area contributed by atoms with Crippen molar-refractivity contribution in [2.75, 3.05) is 6.54 Å². The summed E-state index contributed by atoms with van der Waals surface area (Å²) in [6.45, 7) is 2.22. The quantitative estimate of drug-likeness (QED) is 0.655. The first-order valence-electron chi connectivity index (χ1n) is 4.36. The van der Waals surface area contributed by atoms with Crippen molar-refractivity contribution < 1.29 is 0 Å². The van der Waals surface area contributed by atoms with E-state index in [4.69, 9.17) is 5.73 Å². The number of rotatable bonds is 2. The lowest BCUT2D eigenvalue weighted by atomic mass is 10.4.